The van der Waals surface area contributed by atoms with Crippen LogP contribution in [0.3, 0.4) is 0 Å². The summed E-state index contributed by atoms with van der Waals surface area (Å²) in [4.78, 5) is 25.5. The van der Waals surface area contributed by atoms with E-state index in [1.165, 1.54) is 13.8 Å². The number of aliphatic carboxylic acids is 1. The second kappa shape index (κ2) is 21.3. The molecule has 0 aromatic heterocycles. The molecule has 1 amide bonds. The van der Waals surface area contributed by atoms with Gasteiger partial charge >= 0.3 is 5.97 Å². The van der Waals surface area contributed by atoms with Gasteiger partial charge in [-0.15, -0.1) is 0 Å². The Balaban J connectivity index is 1.50. The number of carboxylic acid groups (broad SMARTS) is 1. The smallest absolute Gasteiger partial charge is 0.364 e. The average molecular weight is 926 g/mol. The first-order valence-corrected chi connectivity index (χ1v) is 19.9. The molecule has 366 valence electrons. The molecule has 63 heavy (non-hydrogen) atoms. The van der Waals surface area contributed by atoms with Gasteiger partial charge in [-0.25, -0.2) is 4.79 Å². The van der Waals surface area contributed by atoms with Gasteiger partial charge in [-0.3, -0.25) is 4.79 Å². The Morgan fingerprint density at radius 3 is 1.68 bits per heavy atom. The second-order valence-corrected chi connectivity index (χ2v) is 16.1. The van der Waals surface area contributed by atoms with Crippen molar-refractivity contribution < 1.29 is 134 Å². The number of carbonyl (C=O) groups excluding carboxylic acids is 1. The molecule has 5 fully saturated rings. The van der Waals surface area contributed by atoms with Gasteiger partial charge in [-0.2, -0.15) is 0 Å². The van der Waals surface area contributed by atoms with Crippen molar-refractivity contribution in [1.29, 1.82) is 0 Å². The number of aliphatic hydroxyl groups excluding tert-OH is 15. The van der Waals surface area contributed by atoms with Crippen LogP contribution in [-0.2, 0) is 52.2 Å². The molecule has 5 aliphatic heterocycles. The molecule has 28 nitrogen and oxygen atoms in total. The van der Waals surface area contributed by atoms with Crippen LogP contribution in [0, 0.1) is 0 Å². The van der Waals surface area contributed by atoms with Crippen molar-refractivity contribution in [2.24, 2.45) is 0 Å². The Morgan fingerprint density at radius 2 is 1.17 bits per heavy atom. The molecular weight excluding hydrogens is 866 g/mol. The van der Waals surface area contributed by atoms with E-state index >= 15 is 0 Å². The minimum absolute atomic E-state index is 0.806. The lowest BCUT2D eigenvalue weighted by atomic mass is 9.89. The highest BCUT2D eigenvalue weighted by Gasteiger charge is 2.61. The number of nitrogens with one attached hydrogen (secondary N) is 1. The Hall–Kier alpha value is -2.02. The Bertz CT molecular complexity index is 1500. The third-order valence-corrected chi connectivity index (χ3v) is 11.6. The van der Waals surface area contributed by atoms with E-state index in [-0.39, 0.29) is 0 Å². The third kappa shape index (κ3) is 10.9. The minimum atomic E-state index is -3.14. The Labute approximate surface area is 357 Å². The summed E-state index contributed by atoms with van der Waals surface area (Å²) in [6.45, 7) is 0.355. The van der Waals surface area contributed by atoms with Crippen LogP contribution < -0.4 is 5.32 Å². The third-order valence-electron chi connectivity index (χ3n) is 11.6. The van der Waals surface area contributed by atoms with Gasteiger partial charge in [0.15, 0.2) is 25.2 Å². The zero-order chi connectivity index (χ0) is 47.0. The van der Waals surface area contributed by atoms with Crippen molar-refractivity contribution in [1.82, 2.24) is 5.32 Å². The lowest BCUT2D eigenvalue weighted by molar-refractivity contribution is -0.391. The fraction of sp³-hybridized carbons (Fsp3) is 0.943. The molecule has 0 radical (unpaired) electrons. The molecule has 17 N–H and O–H groups in total. The van der Waals surface area contributed by atoms with Crippen molar-refractivity contribution >= 4 is 11.9 Å². The lowest BCUT2D eigenvalue weighted by Crippen LogP contribution is -2.69. The van der Waals surface area contributed by atoms with Gasteiger partial charge in [0.2, 0.25) is 5.91 Å². The van der Waals surface area contributed by atoms with E-state index < -0.39 is 197 Å². The zero-order valence-electron chi connectivity index (χ0n) is 33.9. The van der Waals surface area contributed by atoms with Gasteiger partial charge in [0.05, 0.1) is 38.1 Å². The fourth-order valence-corrected chi connectivity index (χ4v) is 7.85. The molecule has 5 saturated heterocycles. The summed E-state index contributed by atoms with van der Waals surface area (Å²) in [7, 11) is 0. The van der Waals surface area contributed by atoms with E-state index in [9.17, 15) is 91.3 Å². The summed E-state index contributed by atoms with van der Waals surface area (Å²) < 4.78 is 51.0. The molecule has 0 spiro atoms. The van der Waals surface area contributed by atoms with E-state index in [0.29, 0.717) is 0 Å². The van der Waals surface area contributed by atoms with Crippen LogP contribution in [0.4, 0.5) is 0 Å². The van der Waals surface area contributed by atoms with E-state index in [1.54, 1.807) is 0 Å². The molecule has 0 unspecified atom stereocenters. The molecule has 0 bridgehead atoms. The predicted molar refractivity (Wildman–Crippen MR) is 192 cm³/mol. The van der Waals surface area contributed by atoms with Crippen molar-refractivity contribution in [2.75, 3.05) is 19.8 Å². The average Bonchev–Trinajstić information content (AvgIpc) is 3.24. The van der Waals surface area contributed by atoms with Crippen LogP contribution in [0.2, 0.25) is 0 Å². The Kier molecular flexibility index (Phi) is 17.6. The topological polar surface area (TPSA) is 453 Å². The van der Waals surface area contributed by atoms with Crippen molar-refractivity contribution in [3.05, 3.63) is 0 Å². The van der Waals surface area contributed by atoms with Crippen LogP contribution in [0.25, 0.3) is 0 Å². The molecule has 0 aromatic carbocycles. The number of aliphatic hydroxyl groups is 15. The highest BCUT2D eigenvalue weighted by atomic mass is 16.8. The number of rotatable bonds is 15. The normalized spacial score (nSPS) is 49.5. The summed E-state index contributed by atoms with van der Waals surface area (Å²) >= 11 is 0. The van der Waals surface area contributed by atoms with Gasteiger partial charge in [0.25, 0.3) is 5.79 Å². The first kappa shape index (κ1) is 52.0. The van der Waals surface area contributed by atoms with Crippen molar-refractivity contribution in [3.8, 4) is 0 Å². The van der Waals surface area contributed by atoms with Crippen LogP contribution in [-0.4, -0.2) is 272 Å². The molecule has 0 saturated carbocycles. The molecule has 0 aromatic rings. The maximum atomic E-state index is 13.3. The van der Waals surface area contributed by atoms with E-state index in [2.05, 4.69) is 5.32 Å². The first-order chi connectivity index (χ1) is 29.5. The standard InChI is InChI=1S/C35H59NO27/c1-8-16(41)21(46)24(49)31(56-8)59-12-4-35(34(53)54,63-29(18(43)11(40)5-37)27(12)61-32-25(50)22(47)17(42)9(2)57-32)55-7-14-20(45)28(15(30(52)58-14)36-10(3)39)62-33-26(51)23(48)19(44)13(6-38)60-33/h8-9,11-33,37-38,40-52H,4-7H2,1-3H3,(H,36,39)(H,53,54)/t8-,9-,11+,12-,13+,14+,15+,16+,17+,18+,19-,20-,21+,22+,23-,24-,25-,26+,27+,28+,29-,30-,31-,32-,33+,35+/m0/s1. The van der Waals surface area contributed by atoms with E-state index in [1.807, 2.05) is 0 Å². The number of ether oxygens (including phenoxy) is 9. The van der Waals surface area contributed by atoms with E-state index in [4.69, 9.17) is 42.6 Å². The first-order valence-electron chi connectivity index (χ1n) is 19.9. The maximum Gasteiger partial charge on any atom is 0.364 e. The molecule has 26 atom stereocenters. The number of carboxylic acids is 1. The molecule has 5 heterocycles. The summed E-state index contributed by atoms with van der Waals surface area (Å²) in [5.74, 6) is -5.98. The summed E-state index contributed by atoms with van der Waals surface area (Å²) in [5.41, 5.74) is 0. The van der Waals surface area contributed by atoms with Gasteiger partial charge in [-0.05, 0) is 13.8 Å². The lowest BCUT2D eigenvalue weighted by Gasteiger charge is -2.51. The van der Waals surface area contributed by atoms with Crippen molar-refractivity contribution in [3.63, 3.8) is 0 Å². The largest absolute Gasteiger partial charge is 0.477 e. The summed E-state index contributed by atoms with van der Waals surface area (Å²) in [6, 6.07) is -1.69. The van der Waals surface area contributed by atoms with E-state index in [0.717, 1.165) is 6.92 Å². The Morgan fingerprint density at radius 1 is 0.667 bits per heavy atom. The monoisotopic (exact) mass is 925 g/mol. The highest BCUT2D eigenvalue weighted by Crippen LogP contribution is 2.40. The molecule has 28 heteroatoms. The summed E-state index contributed by atoms with van der Waals surface area (Å²) in [5, 5.41) is 171. The van der Waals surface area contributed by atoms with Gasteiger partial charge in [0.1, 0.15) is 110 Å². The minimum Gasteiger partial charge on any atom is -0.477 e. The van der Waals surface area contributed by atoms with Gasteiger partial charge in [-0.1, -0.05) is 0 Å². The number of carbonyl (C=O) groups is 2. The predicted octanol–water partition coefficient (Wildman–Crippen LogP) is -10.5. The number of hydrogen-bond acceptors (Lipinski definition) is 26. The summed E-state index contributed by atoms with van der Waals surface area (Å²) in [6.07, 6.45) is -46.8. The fourth-order valence-electron chi connectivity index (χ4n) is 7.85. The number of hydrogen-bond donors (Lipinski definition) is 17. The zero-order valence-corrected chi connectivity index (χ0v) is 33.9. The van der Waals surface area contributed by atoms with Gasteiger partial charge in [0, 0.05) is 13.3 Å². The number of amides is 1. The second-order valence-electron chi connectivity index (χ2n) is 16.1. The highest BCUT2D eigenvalue weighted by molar-refractivity contribution is 5.76. The molecule has 0 aliphatic carbocycles. The maximum absolute atomic E-state index is 13.3. The van der Waals surface area contributed by atoms with Crippen LogP contribution in [0.5, 0.6) is 0 Å². The quantitative estimate of drug-likeness (QED) is 0.0725. The molecule has 5 aliphatic rings. The molecule has 5 rings (SSSR count). The van der Waals surface area contributed by atoms with Gasteiger partial charge < -0.3 is 130 Å². The molecular formula is C35H59NO27. The van der Waals surface area contributed by atoms with Crippen LogP contribution in [0.1, 0.15) is 27.2 Å². The SMILES string of the molecule is CC(=O)N[C@@H]1[C@@H](O[C@H]2O[C@H](CO)[C@H](O)[C@H](O)[C@H]2O)[C@@H](O)[C@@H](CO[C@]2(C(=O)O)C[C@H](O[C@@H]3O[C@@H](C)[C@@H](O)[C@@H](O)[C@@H]3O)[C@@H](O[C@@H]3O[C@@H](C)[C@@H](O)[C@@H](O)[C@@H]3O)[C@H]([C@H](O)[C@H](O)CO)O2)O[C@@H]1O. The van der Waals surface area contributed by atoms with Crippen LogP contribution >= 0.6 is 0 Å². The van der Waals surface area contributed by atoms with Crippen molar-refractivity contribution in [2.45, 2.75) is 186 Å². The van der Waals surface area contributed by atoms with Crippen LogP contribution in [0.15, 0.2) is 0 Å².